The van der Waals surface area contributed by atoms with Gasteiger partial charge in [0.05, 0.1) is 6.61 Å². The van der Waals surface area contributed by atoms with Crippen molar-refractivity contribution in [1.29, 1.82) is 0 Å². The summed E-state index contributed by atoms with van der Waals surface area (Å²) in [4.78, 5) is 16.7. The van der Waals surface area contributed by atoms with Gasteiger partial charge in [-0.2, -0.15) is 0 Å². The molecule has 3 heteroatoms. The first-order valence-electron chi connectivity index (χ1n) is 11.8. The van der Waals surface area contributed by atoms with E-state index in [1.165, 1.54) is 36.8 Å². The van der Waals surface area contributed by atoms with Crippen molar-refractivity contribution >= 4 is 17.6 Å². The number of benzene rings is 1. The SMILES string of the molecule is CC1C=NC=C(c2ccccc2OCCC2CCC(CC(=O)CC(C)(C)C)CC2)C1. The zero-order valence-corrected chi connectivity index (χ0v) is 19.3. The number of Topliss-reactive ketones (excluding diaryl/α,β-unsaturated/α-hetero) is 1. The fourth-order valence-electron chi connectivity index (χ4n) is 4.81. The standard InChI is InChI=1S/C27H39NO2/c1-20-15-23(19-28-18-20)25-7-5-6-8-26(25)30-14-13-21-9-11-22(12-10-21)16-24(29)17-27(2,3)4/h5-8,18-22H,9-17H2,1-4H3. The van der Waals surface area contributed by atoms with E-state index in [9.17, 15) is 4.79 Å². The van der Waals surface area contributed by atoms with Crippen molar-refractivity contribution in [2.75, 3.05) is 6.61 Å². The summed E-state index contributed by atoms with van der Waals surface area (Å²) in [5, 5.41) is 0. The van der Waals surface area contributed by atoms with Crippen LogP contribution in [0.15, 0.2) is 35.5 Å². The molecule has 1 aromatic carbocycles. The first kappa shape index (κ1) is 22.8. The van der Waals surface area contributed by atoms with Crippen LogP contribution in [-0.2, 0) is 4.79 Å². The van der Waals surface area contributed by atoms with Crippen molar-refractivity contribution in [3.05, 3.63) is 36.0 Å². The lowest BCUT2D eigenvalue weighted by Gasteiger charge is -2.29. The maximum absolute atomic E-state index is 12.3. The topological polar surface area (TPSA) is 38.7 Å². The Balaban J connectivity index is 1.43. The summed E-state index contributed by atoms with van der Waals surface area (Å²) in [5.74, 6) is 3.22. The van der Waals surface area contributed by atoms with Gasteiger partial charge in [0.1, 0.15) is 11.5 Å². The molecule has 1 unspecified atom stereocenters. The summed E-state index contributed by atoms with van der Waals surface area (Å²) < 4.78 is 6.23. The molecule has 0 amide bonds. The predicted molar refractivity (Wildman–Crippen MR) is 126 cm³/mol. The van der Waals surface area contributed by atoms with Crippen LogP contribution in [0.1, 0.15) is 84.6 Å². The van der Waals surface area contributed by atoms with E-state index >= 15 is 0 Å². The van der Waals surface area contributed by atoms with E-state index in [1.807, 2.05) is 12.4 Å². The Morgan fingerprint density at radius 2 is 1.80 bits per heavy atom. The van der Waals surface area contributed by atoms with Crippen LogP contribution in [-0.4, -0.2) is 18.6 Å². The third kappa shape index (κ3) is 7.11. The number of carbonyl (C=O) groups is 1. The highest BCUT2D eigenvalue weighted by atomic mass is 16.5. The van der Waals surface area contributed by atoms with Gasteiger partial charge in [-0.1, -0.05) is 58.7 Å². The van der Waals surface area contributed by atoms with Crippen LogP contribution in [0.5, 0.6) is 5.75 Å². The van der Waals surface area contributed by atoms with E-state index in [-0.39, 0.29) is 5.41 Å². The van der Waals surface area contributed by atoms with Gasteiger partial charge in [0.15, 0.2) is 0 Å². The fraction of sp³-hybridized carbons (Fsp3) is 0.630. The lowest BCUT2D eigenvalue weighted by molar-refractivity contribution is -0.122. The fourth-order valence-corrected chi connectivity index (χ4v) is 4.81. The molecule has 0 N–H and O–H groups in total. The number of hydrogen-bond donors (Lipinski definition) is 0. The van der Waals surface area contributed by atoms with Gasteiger partial charge in [0, 0.05) is 30.8 Å². The Labute approximate surface area is 183 Å². The third-order valence-corrected chi connectivity index (χ3v) is 6.34. The molecule has 1 aromatic rings. The summed E-state index contributed by atoms with van der Waals surface area (Å²) >= 11 is 0. The van der Waals surface area contributed by atoms with Crippen LogP contribution in [0.25, 0.3) is 5.57 Å². The third-order valence-electron chi connectivity index (χ3n) is 6.34. The molecular formula is C27H39NO2. The minimum atomic E-state index is 0.111. The molecule has 1 aliphatic carbocycles. The molecule has 1 atom stereocenters. The molecule has 2 aliphatic rings. The van der Waals surface area contributed by atoms with Crippen molar-refractivity contribution in [2.45, 2.75) is 79.1 Å². The number of allylic oxidation sites excluding steroid dienone is 1. The van der Waals surface area contributed by atoms with Crippen LogP contribution >= 0.6 is 0 Å². The molecule has 1 saturated carbocycles. The maximum atomic E-state index is 12.3. The molecule has 0 bridgehead atoms. The number of hydrogen-bond acceptors (Lipinski definition) is 3. The van der Waals surface area contributed by atoms with Gasteiger partial charge in [-0.25, -0.2) is 0 Å². The van der Waals surface area contributed by atoms with E-state index in [1.54, 1.807) is 0 Å². The number of aliphatic imine (C=N–C) groups is 1. The monoisotopic (exact) mass is 409 g/mol. The minimum absolute atomic E-state index is 0.111. The average molecular weight is 410 g/mol. The lowest BCUT2D eigenvalue weighted by Crippen LogP contribution is -2.21. The van der Waals surface area contributed by atoms with Crippen molar-refractivity contribution in [1.82, 2.24) is 0 Å². The molecule has 0 radical (unpaired) electrons. The van der Waals surface area contributed by atoms with Crippen LogP contribution in [0, 0.1) is 23.2 Å². The van der Waals surface area contributed by atoms with Gasteiger partial charge in [-0.05, 0) is 60.5 Å². The smallest absolute Gasteiger partial charge is 0.133 e. The van der Waals surface area contributed by atoms with E-state index in [0.717, 1.165) is 37.5 Å². The molecule has 0 aromatic heterocycles. The van der Waals surface area contributed by atoms with E-state index in [4.69, 9.17) is 4.74 Å². The maximum Gasteiger partial charge on any atom is 0.133 e. The second-order valence-corrected chi connectivity index (χ2v) is 10.6. The van der Waals surface area contributed by atoms with Crippen LogP contribution in [0.3, 0.4) is 0 Å². The molecule has 3 rings (SSSR count). The van der Waals surface area contributed by atoms with Crippen LogP contribution in [0.2, 0.25) is 0 Å². The summed E-state index contributed by atoms with van der Waals surface area (Å²) in [5.41, 5.74) is 2.56. The Bertz CT molecular complexity index is 763. The zero-order chi connectivity index (χ0) is 21.6. The number of rotatable bonds is 8. The Morgan fingerprint density at radius 1 is 1.10 bits per heavy atom. The second kappa shape index (κ2) is 10.4. The molecular weight excluding hydrogens is 370 g/mol. The Morgan fingerprint density at radius 3 is 2.50 bits per heavy atom. The van der Waals surface area contributed by atoms with Gasteiger partial charge < -0.3 is 4.74 Å². The van der Waals surface area contributed by atoms with Crippen molar-refractivity contribution in [3.8, 4) is 5.75 Å². The Hall–Kier alpha value is -1.90. The number of ether oxygens (including phenoxy) is 1. The number of carbonyl (C=O) groups excluding carboxylic acids is 1. The van der Waals surface area contributed by atoms with Crippen molar-refractivity contribution in [2.24, 2.45) is 28.2 Å². The molecule has 0 saturated heterocycles. The van der Waals surface area contributed by atoms with E-state index < -0.39 is 0 Å². The zero-order valence-electron chi connectivity index (χ0n) is 19.3. The molecule has 3 nitrogen and oxygen atoms in total. The van der Waals surface area contributed by atoms with Crippen molar-refractivity contribution in [3.63, 3.8) is 0 Å². The summed E-state index contributed by atoms with van der Waals surface area (Å²) in [6, 6.07) is 8.36. The highest BCUT2D eigenvalue weighted by molar-refractivity contribution is 5.79. The summed E-state index contributed by atoms with van der Waals surface area (Å²) in [6.07, 6.45) is 12.5. The predicted octanol–water partition coefficient (Wildman–Crippen LogP) is 7.11. The van der Waals surface area contributed by atoms with Gasteiger partial charge in [-0.3, -0.25) is 9.79 Å². The Kier molecular flexibility index (Phi) is 7.91. The van der Waals surface area contributed by atoms with Crippen LogP contribution < -0.4 is 4.74 Å². The van der Waals surface area contributed by atoms with Gasteiger partial charge in [0.2, 0.25) is 0 Å². The first-order chi connectivity index (χ1) is 14.3. The highest BCUT2D eigenvalue weighted by Gasteiger charge is 2.25. The van der Waals surface area contributed by atoms with Crippen molar-refractivity contribution < 1.29 is 9.53 Å². The van der Waals surface area contributed by atoms with E-state index in [2.05, 4.69) is 57.0 Å². The molecule has 0 spiro atoms. The second-order valence-electron chi connectivity index (χ2n) is 10.6. The lowest BCUT2D eigenvalue weighted by atomic mass is 9.77. The van der Waals surface area contributed by atoms with Gasteiger partial charge in [-0.15, -0.1) is 0 Å². The number of para-hydroxylation sites is 1. The largest absolute Gasteiger partial charge is 0.493 e. The molecule has 164 valence electrons. The van der Waals surface area contributed by atoms with E-state index in [0.29, 0.717) is 24.0 Å². The summed E-state index contributed by atoms with van der Waals surface area (Å²) in [7, 11) is 0. The van der Waals surface area contributed by atoms with Crippen LogP contribution in [0.4, 0.5) is 0 Å². The molecule has 30 heavy (non-hydrogen) atoms. The molecule has 1 aliphatic heterocycles. The number of nitrogens with zero attached hydrogens (tertiary/aromatic N) is 1. The highest BCUT2D eigenvalue weighted by Crippen LogP contribution is 2.35. The first-order valence-corrected chi connectivity index (χ1v) is 11.8. The average Bonchev–Trinajstić information content (AvgIpc) is 2.68. The molecule has 1 heterocycles. The quantitative estimate of drug-likeness (QED) is 0.459. The molecule has 1 fully saturated rings. The minimum Gasteiger partial charge on any atom is -0.493 e. The van der Waals surface area contributed by atoms with Gasteiger partial charge >= 0.3 is 0 Å². The van der Waals surface area contributed by atoms with Gasteiger partial charge in [0.25, 0.3) is 0 Å². The summed E-state index contributed by atoms with van der Waals surface area (Å²) in [6.45, 7) is 9.42. The number of ketones is 1. The normalized spacial score (nSPS) is 24.4.